The standard InChI is InChI=1S/C16H16BrNO3/c1-10-6-11(2)16(12(3)7-10)21-9-13-4-5-14(17)15(8-13)18(19)20/h4-8H,9H2,1-3H3. The second kappa shape index (κ2) is 6.26. The quantitative estimate of drug-likeness (QED) is 0.584. The first-order valence-corrected chi connectivity index (χ1v) is 7.31. The third kappa shape index (κ3) is 3.61. The molecule has 0 atom stereocenters. The molecule has 0 saturated heterocycles. The molecular formula is C16H16BrNO3. The Hall–Kier alpha value is -1.88. The second-order valence-corrected chi connectivity index (χ2v) is 5.91. The molecule has 0 unspecified atom stereocenters. The van der Waals surface area contributed by atoms with Gasteiger partial charge in [-0.2, -0.15) is 0 Å². The third-order valence-electron chi connectivity index (χ3n) is 3.20. The molecule has 2 aromatic carbocycles. The smallest absolute Gasteiger partial charge is 0.283 e. The normalized spacial score (nSPS) is 10.5. The molecule has 2 rings (SSSR count). The second-order valence-electron chi connectivity index (χ2n) is 5.06. The van der Waals surface area contributed by atoms with Crippen LogP contribution >= 0.6 is 15.9 Å². The molecule has 0 radical (unpaired) electrons. The summed E-state index contributed by atoms with van der Waals surface area (Å²) in [5.74, 6) is 0.839. The average Bonchev–Trinajstić information content (AvgIpc) is 2.38. The Morgan fingerprint density at radius 2 is 1.76 bits per heavy atom. The zero-order valence-electron chi connectivity index (χ0n) is 12.1. The van der Waals surface area contributed by atoms with Gasteiger partial charge in [-0.05, 0) is 59.5 Å². The summed E-state index contributed by atoms with van der Waals surface area (Å²) < 4.78 is 6.32. The summed E-state index contributed by atoms with van der Waals surface area (Å²) >= 11 is 3.18. The molecule has 2 aromatic rings. The van der Waals surface area contributed by atoms with Crippen molar-refractivity contribution in [2.24, 2.45) is 0 Å². The fraction of sp³-hybridized carbons (Fsp3) is 0.250. The van der Waals surface area contributed by atoms with Gasteiger partial charge in [-0.15, -0.1) is 0 Å². The van der Waals surface area contributed by atoms with E-state index in [-0.39, 0.29) is 5.69 Å². The van der Waals surface area contributed by atoms with Gasteiger partial charge >= 0.3 is 0 Å². The highest BCUT2D eigenvalue weighted by Gasteiger charge is 2.13. The van der Waals surface area contributed by atoms with Gasteiger partial charge < -0.3 is 4.74 Å². The number of hydrogen-bond acceptors (Lipinski definition) is 3. The third-order valence-corrected chi connectivity index (χ3v) is 3.87. The lowest BCUT2D eigenvalue weighted by atomic mass is 10.1. The van der Waals surface area contributed by atoms with Crippen molar-refractivity contribution < 1.29 is 9.66 Å². The Balaban J connectivity index is 2.21. The van der Waals surface area contributed by atoms with Gasteiger partial charge in [0.2, 0.25) is 0 Å². The van der Waals surface area contributed by atoms with Crippen molar-refractivity contribution in [1.29, 1.82) is 0 Å². The van der Waals surface area contributed by atoms with E-state index >= 15 is 0 Å². The number of hydrogen-bond donors (Lipinski definition) is 0. The predicted molar refractivity (Wildman–Crippen MR) is 85.8 cm³/mol. The number of aryl methyl sites for hydroxylation is 3. The van der Waals surface area contributed by atoms with E-state index in [0.717, 1.165) is 22.4 Å². The van der Waals surface area contributed by atoms with Gasteiger partial charge in [-0.25, -0.2) is 0 Å². The summed E-state index contributed by atoms with van der Waals surface area (Å²) in [5, 5.41) is 10.9. The van der Waals surface area contributed by atoms with Gasteiger partial charge in [-0.3, -0.25) is 10.1 Å². The molecule has 0 aliphatic heterocycles. The Morgan fingerprint density at radius 3 is 2.33 bits per heavy atom. The molecule has 0 heterocycles. The maximum atomic E-state index is 10.9. The molecule has 21 heavy (non-hydrogen) atoms. The van der Waals surface area contributed by atoms with Crippen molar-refractivity contribution >= 4 is 21.6 Å². The van der Waals surface area contributed by atoms with Crippen LogP contribution in [0.3, 0.4) is 0 Å². The van der Waals surface area contributed by atoms with Gasteiger partial charge in [0.05, 0.1) is 9.40 Å². The highest BCUT2D eigenvalue weighted by molar-refractivity contribution is 9.10. The van der Waals surface area contributed by atoms with E-state index in [2.05, 4.69) is 28.1 Å². The topological polar surface area (TPSA) is 52.4 Å². The minimum absolute atomic E-state index is 0.0495. The van der Waals surface area contributed by atoms with Crippen molar-refractivity contribution in [3.05, 3.63) is 67.2 Å². The molecule has 0 spiro atoms. The van der Waals surface area contributed by atoms with Gasteiger partial charge in [0.25, 0.3) is 5.69 Å². The van der Waals surface area contributed by atoms with Crippen LogP contribution in [0.4, 0.5) is 5.69 Å². The highest BCUT2D eigenvalue weighted by Crippen LogP contribution is 2.28. The maximum Gasteiger partial charge on any atom is 0.283 e. The van der Waals surface area contributed by atoms with Crippen LogP contribution < -0.4 is 4.74 Å². The predicted octanol–water partition coefficient (Wildman–Crippen LogP) is 4.86. The van der Waals surface area contributed by atoms with Gasteiger partial charge in [0.15, 0.2) is 0 Å². The number of halogens is 1. The number of ether oxygens (including phenoxy) is 1. The molecule has 0 fully saturated rings. The van der Waals surface area contributed by atoms with Crippen molar-refractivity contribution in [3.8, 4) is 5.75 Å². The van der Waals surface area contributed by atoms with Crippen molar-refractivity contribution in [2.45, 2.75) is 27.4 Å². The summed E-state index contributed by atoms with van der Waals surface area (Å²) in [7, 11) is 0. The first-order chi connectivity index (χ1) is 9.88. The molecular weight excluding hydrogens is 334 g/mol. The van der Waals surface area contributed by atoms with Crippen LogP contribution in [0.2, 0.25) is 0 Å². The Morgan fingerprint density at radius 1 is 1.14 bits per heavy atom. The SMILES string of the molecule is Cc1cc(C)c(OCc2ccc(Br)c([N+](=O)[O-])c2)c(C)c1. The number of nitrogens with zero attached hydrogens (tertiary/aromatic N) is 1. The molecule has 0 aliphatic rings. The fourth-order valence-electron chi connectivity index (χ4n) is 2.34. The molecule has 4 nitrogen and oxygen atoms in total. The molecule has 0 N–H and O–H groups in total. The molecule has 0 bridgehead atoms. The van der Waals surface area contributed by atoms with Crippen molar-refractivity contribution in [3.63, 3.8) is 0 Å². The van der Waals surface area contributed by atoms with E-state index in [4.69, 9.17) is 4.74 Å². The lowest BCUT2D eigenvalue weighted by molar-refractivity contribution is -0.385. The van der Waals surface area contributed by atoms with E-state index in [1.807, 2.05) is 26.8 Å². The van der Waals surface area contributed by atoms with E-state index < -0.39 is 4.92 Å². The molecule has 5 heteroatoms. The first-order valence-electron chi connectivity index (χ1n) is 6.52. The molecule has 0 aromatic heterocycles. The molecule has 0 aliphatic carbocycles. The summed E-state index contributed by atoms with van der Waals surface area (Å²) in [6.07, 6.45) is 0. The van der Waals surface area contributed by atoms with Gasteiger partial charge in [0, 0.05) is 6.07 Å². The van der Waals surface area contributed by atoms with Crippen molar-refractivity contribution in [1.82, 2.24) is 0 Å². The average molecular weight is 350 g/mol. The van der Waals surface area contributed by atoms with E-state index in [1.54, 1.807) is 6.07 Å². The van der Waals surface area contributed by atoms with E-state index in [0.29, 0.717) is 11.1 Å². The van der Waals surface area contributed by atoms with Crippen LogP contribution in [0, 0.1) is 30.9 Å². The minimum Gasteiger partial charge on any atom is -0.488 e. The Kier molecular flexibility index (Phi) is 4.63. The highest BCUT2D eigenvalue weighted by atomic mass is 79.9. The summed E-state index contributed by atoms with van der Waals surface area (Å²) in [4.78, 5) is 10.5. The van der Waals surface area contributed by atoms with E-state index in [1.165, 1.54) is 11.6 Å². The zero-order valence-corrected chi connectivity index (χ0v) is 13.7. The number of nitro groups is 1. The summed E-state index contributed by atoms with van der Waals surface area (Å²) in [6.45, 7) is 6.35. The fourth-order valence-corrected chi connectivity index (χ4v) is 2.73. The van der Waals surface area contributed by atoms with Gasteiger partial charge in [0.1, 0.15) is 12.4 Å². The van der Waals surface area contributed by atoms with Crippen molar-refractivity contribution in [2.75, 3.05) is 0 Å². The summed E-state index contributed by atoms with van der Waals surface area (Å²) in [5.41, 5.74) is 4.15. The van der Waals surface area contributed by atoms with Crippen LogP contribution in [0.5, 0.6) is 5.75 Å². The Bertz CT molecular complexity index is 675. The Labute approximate surface area is 132 Å². The van der Waals surface area contributed by atoms with Crippen LogP contribution in [0.15, 0.2) is 34.8 Å². The van der Waals surface area contributed by atoms with Crippen LogP contribution in [-0.2, 0) is 6.61 Å². The maximum absolute atomic E-state index is 10.9. The number of nitro benzene ring substituents is 1. The zero-order chi connectivity index (χ0) is 15.6. The molecule has 0 amide bonds. The first kappa shape index (κ1) is 15.5. The number of benzene rings is 2. The minimum atomic E-state index is -0.407. The largest absolute Gasteiger partial charge is 0.488 e. The summed E-state index contributed by atoms with van der Waals surface area (Å²) in [6, 6.07) is 9.14. The molecule has 0 saturated carbocycles. The van der Waals surface area contributed by atoms with E-state index in [9.17, 15) is 10.1 Å². The lowest BCUT2D eigenvalue weighted by Gasteiger charge is -2.13. The van der Waals surface area contributed by atoms with Gasteiger partial charge in [-0.1, -0.05) is 23.8 Å². The molecule has 110 valence electrons. The van der Waals surface area contributed by atoms with Crippen LogP contribution in [-0.4, -0.2) is 4.92 Å². The van der Waals surface area contributed by atoms with Crippen LogP contribution in [0.1, 0.15) is 22.3 Å². The lowest BCUT2D eigenvalue weighted by Crippen LogP contribution is -2.00. The van der Waals surface area contributed by atoms with Crippen LogP contribution in [0.25, 0.3) is 0 Å². The monoisotopic (exact) mass is 349 g/mol. The number of rotatable bonds is 4.